The molecule has 1 fully saturated rings. The van der Waals surface area contributed by atoms with E-state index in [2.05, 4.69) is 25.3 Å². The molecule has 3 aromatic rings. The first-order valence-electron chi connectivity index (χ1n) is 8.56. The van der Waals surface area contributed by atoms with Gasteiger partial charge in [-0.1, -0.05) is 6.07 Å². The normalized spacial score (nSPS) is 14.2. The molecule has 4 heterocycles. The topological polar surface area (TPSA) is 93.1 Å². The lowest BCUT2D eigenvalue weighted by Crippen LogP contribution is -2.37. The second kappa shape index (κ2) is 7.77. The van der Waals surface area contributed by atoms with Crippen LogP contribution in [0.4, 0.5) is 11.1 Å². The standard InChI is InChI=1S/C18H18N6O2S/c1-12-10-14(21-17(20-12)24-6-8-26-9-7-24)16(25)23-18-22-15(11-27-18)13-4-2-3-5-19-13/h2-5,10-11H,6-9H2,1H3,(H,22,23,25). The van der Waals surface area contributed by atoms with Crippen molar-refractivity contribution in [1.82, 2.24) is 19.9 Å². The van der Waals surface area contributed by atoms with Crippen LogP contribution in [0.1, 0.15) is 16.2 Å². The first-order chi connectivity index (χ1) is 13.2. The molecule has 0 aliphatic carbocycles. The number of morpholine rings is 1. The number of rotatable bonds is 4. The summed E-state index contributed by atoms with van der Waals surface area (Å²) >= 11 is 1.35. The molecule has 8 nitrogen and oxygen atoms in total. The van der Waals surface area contributed by atoms with Crippen LogP contribution < -0.4 is 10.2 Å². The molecule has 1 saturated heterocycles. The number of pyridine rings is 1. The second-order valence-electron chi connectivity index (χ2n) is 6.00. The number of hydrogen-bond donors (Lipinski definition) is 1. The van der Waals surface area contributed by atoms with E-state index in [1.54, 1.807) is 12.3 Å². The highest BCUT2D eigenvalue weighted by atomic mass is 32.1. The number of aryl methyl sites for hydroxylation is 1. The Labute approximate surface area is 160 Å². The molecule has 1 N–H and O–H groups in total. The summed E-state index contributed by atoms with van der Waals surface area (Å²) in [5, 5.41) is 5.18. The van der Waals surface area contributed by atoms with Crippen molar-refractivity contribution in [2.24, 2.45) is 0 Å². The van der Waals surface area contributed by atoms with Gasteiger partial charge in [0.15, 0.2) is 5.13 Å². The number of anilines is 2. The fraction of sp³-hybridized carbons (Fsp3) is 0.278. The van der Waals surface area contributed by atoms with E-state index in [4.69, 9.17) is 4.74 Å². The van der Waals surface area contributed by atoms with Gasteiger partial charge in [0.2, 0.25) is 5.95 Å². The molecular formula is C18H18N6O2S. The van der Waals surface area contributed by atoms with Crippen LogP contribution in [0.25, 0.3) is 11.4 Å². The minimum Gasteiger partial charge on any atom is -0.378 e. The summed E-state index contributed by atoms with van der Waals surface area (Å²) in [5.74, 6) is 0.244. The predicted octanol–water partition coefficient (Wildman–Crippen LogP) is 2.39. The van der Waals surface area contributed by atoms with Gasteiger partial charge in [0, 0.05) is 30.4 Å². The largest absolute Gasteiger partial charge is 0.378 e. The van der Waals surface area contributed by atoms with Crippen molar-refractivity contribution in [2.75, 3.05) is 36.5 Å². The third-order valence-electron chi connectivity index (χ3n) is 4.02. The van der Waals surface area contributed by atoms with Gasteiger partial charge < -0.3 is 9.64 Å². The van der Waals surface area contributed by atoms with Gasteiger partial charge in [0.25, 0.3) is 5.91 Å². The summed E-state index contributed by atoms with van der Waals surface area (Å²) in [6.45, 7) is 4.54. The summed E-state index contributed by atoms with van der Waals surface area (Å²) in [7, 11) is 0. The van der Waals surface area contributed by atoms with Crippen LogP contribution in [-0.2, 0) is 4.74 Å². The molecule has 1 amide bonds. The van der Waals surface area contributed by atoms with Gasteiger partial charge >= 0.3 is 0 Å². The van der Waals surface area contributed by atoms with Crippen molar-refractivity contribution >= 4 is 28.3 Å². The molecule has 27 heavy (non-hydrogen) atoms. The maximum absolute atomic E-state index is 12.7. The van der Waals surface area contributed by atoms with E-state index in [0.717, 1.165) is 17.1 Å². The fourth-order valence-electron chi connectivity index (χ4n) is 2.70. The zero-order valence-corrected chi connectivity index (χ0v) is 15.6. The number of nitrogens with one attached hydrogen (secondary N) is 1. The van der Waals surface area contributed by atoms with Gasteiger partial charge in [-0.05, 0) is 25.1 Å². The van der Waals surface area contributed by atoms with E-state index in [0.29, 0.717) is 43.1 Å². The van der Waals surface area contributed by atoms with E-state index in [1.807, 2.05) is 35.4 Å². The molecule has 1 aliphatic rings. The maximum Gasteiger partial charge on any atom is 0.276 e. The van der Waals surface area contributed by atoms with Crippen molar-refractivity contribution in [1.29, 1.82) is 0 Å². The lowest BCUT2D eigenvalue weighted by Gasteiger charge is -2.27. The number of thiazole rings is 1. The zero-order chi connectivity index (χ0) is 18.6. The van der Waals surface area contributed by atoms with Crippen LogP contribution in [0, 0.1) is 6.92 Å². The highest BCUT2D eigenvalue weighted by Gasteiger charge is 2.18. The van der Waals surface area contributed by atoms with Crippen LogP contribution >= 0.6 is 11.3 Å². The van der Waals surface area contributed by atoms with Gasteiger partial charge in [0.1, 0.15) is 11.4 Å². The van der Waals surface area contributed by atoms with E-state index >= 15 is 0 Å². The van der Waals surface area contributed by atoms with Crippen molar-refractivity contribution < 1.29 is 9.53 Å². The molecule has 0 unspecified atom stereocenters. The average Bonchev–Trinajstić information content (AvgIpc) is 3.17. The fourth-order valence-corrected chi connectivity index (χ4v) is 3.40. The Morgan fingerprint density at radius 2 is 2.04 bits per heavy atom. The Kier molecular flexibility index (Phi) is 5.03. The van der Waals surface area contributed by atoms with Crippen LogP contribution in [0.5, 0.6) is 0 Å². The zero-order valence-electron chi connectivity index (χ0n) is 14.8. The monoisotopic (exact) mass is 382 g/mol. The molecule has 0 radical (unpaired) electrons. The third-order valence-corrected chi connectivity index (χ3v) is 4.78. The Balaban J connectivity index is 1.51. The minimum atomic E-state index is -0.308. The number of hydrogen-bond acceptors (Lipinski definition) is 8. The van der Waals surface area contributed by atoms with Gasteiger partial charge in [-0.3, -0.25) is 15.1 Å². The van der Waals surface area contributed by atoms with Gasteiger partial charge in [0.05, 0.1) is 18.9 Å². The SMILES string of the molecule is Cc1cc(C(=O)Nc2nc(-c3ccccn3)cs2)nc(N2CCOCC2)n1. The van der Waals surface area contributed by atoms with Crippen molar-refractivity contribution in [3.05, 3.63) is 47.2 Å². The Bertz CT molecular complexity index is 940. The molecule has 3 aromatic heterocycles. The summed E-state index contributed by atoms with van der Waals surface area (Å²) in [6, 6.07) is 7.30. The van der Waals surface area contributed by atoms with E-state index in [-0.39, 0.29) is 5.91 Å². The van der Waals surface area contributed by atoms with Crippen LogP contribution in [0.15, 0.2) is 35.8 Å². The molecule has 0 spiro atoms. The molecule has 4 rings (SSSR count). The highest BCUT2D eigenvalue weighted by Crippen LogP contribution is 2.23. The number of amides is 1. The number of carbonyl (C=O) groups is 1. The highest BCUT2D eigenvalue weighted by molar-refractivity contribution is 7.14. The number of nitrogens with zero attached hydrogens (tertiary/aromatic N) is 5. The number of ether oxygens (including phenoxy) is 1. The molecule has 0 aromatic carbocycles. The molecule has 0 saturated carbocycles. The summed E-state index contributed by atoms with van der Waals surface area (Å²) in [4.78, 5) is 32.3. The van der Waals surface area contributed by atoms with Crippen LogP contribution in [0.2, 0.25) is 0 Å². The van der Waals surface area contributed by atoms with Crippen LogP contribution in [-0.4, -0.2) is 52.1 Å². The summed E-state index contributed by atoms with van der Waals surface area (Å²) in [5.41, 5.74) is 2.55. The first kappa shape index (κ1) is 17.5. The van der Waals surface area contributed by atoms with Gasteiger partial charge in [-0.15, -0.1) is 11.3 Å². The summed E-state index contributed by atoms with van der Waals surface area (Å²) in [6.07, 6.45) is 1.71. The second-order valence-corrected chi connectivity index (χ2v) is 6.86. The number of carbonyl (C=O) groups excluding carboxylic acids is 1. The Morgan fingerprint density at radius 3 is 2.81 bits per heavy atom. The van der Waals surface area contributed by atoms with E-state index < -0.39 is 0 Å². The average molecular weight is 382 g/mol. The third kappa shape index (κ3) is 4.09. The van der Waals surface area contributed by atoms with Crippen LogP contribution in [0.3, 0.4) is 0 Å². The summed E-state index contributed by atoms with van der Waals surface area (Å²) < 4.78 is 5.36. The van der Waals surface area contributed by atoms with E-state index in [9.17, 15) is 4.79 Å². The lowest BCUT2D eigenvalue weighted by molar-refractivity contribution is 0.102. The Hall–Kier alpha value is -2.91. The van der Waals surface area contributed by atoms with Crippen molar-refractivity contribution in [3.8, 4) is 11.4 Å². The molecule has 1 aliphatic heterocycles. The first-order valence-corrected chi connectivity index (χ1v) is 9.44. The Morgan fingerprint density at radius 1 is 1.19 bits per heavy atom. The lowest BCUT2D eigenvalue weighted by atomic mass is 10.3. The smallest absolute Gasteiger partial charge is 0.276 e. The molecule has 0 atom stereocenters. The molecule has 9 heteroatoms. The van der Waals surface area contributed by atoms with E-state index in [1.165, 1.54) is 11.3 Å². The minimum absolute atomic E-state index is 0.308. The quantitative estimate of drug-likeness (QED) is 0.740. The number of aromatic nitrogens is 4. The van der Waals surface area contributed by atoms with Crippen molar-refractivity contribution in [3.63, 3.8) is 0 Å². The predicted molar refractivity (Wildman–Crippen MR) is 103 cm³/mol. The molecule has 138 valence electrons. The van der Waals surface area contributed by atoms with Gasteiger partial charge in [-0.25, -0.2) is 15.0 Å². The van der Waals surface area contributed by atoms with Crippen molar-refractivity contribution in [2.45, 2.75) is 6.92 Å². The molecule has 0 bridgehead atoms. The van der Waals surface area contributed by atoms with Gasteiger partial charge in [-0.2, -0.15) is 0 Å². The maximum atomic E-state index is 12.7. The molecular weight excluding hydrogens is 364 g/mol.